The SMILES string of the molecule is Nc1cnc(Cl)nc1OCC1CCCO1. The Morgan fingerprint density at radius 1 is 1.67 bits per heavy atom. The molecule has 0 spiro atoms. The third-order valence-electron chi connectivity index (χ3n) is 2.18. The van der Waals surface area contributed by atoms with Crippen molar-refractivity contribution in [3.05, 3.63) is 11.5 Å². The summed E-state index contributed by atoms with van der Waals surface area (Å²) in [5.41, 5.74) is 6.01. The van der Waals surface area contributed by atoms with Crippen LogP contribution < -0.4 is 10.5 Å². The molecule has 0 bridgehead atoms. The minimum Gasteiger partial charge on any atom is -0.473 e. The Bertz CT molecular complexity index is 342. The first-order valence-corrected chi connectivity index (χ1v) is 5.16. The lowest BCUT2D eigenvalue weighted by Gasteiger charge is -2.11. The number of rotatable bonds is 3. The topological polar surface area (TPSA) is 70.3 Å². The Hall–Kier alpha value is -1.07. The van der Waals surface area contributed by atoms with E-state index in [4.69, 9.17) is 26.8 Å². The number of hydrogen-bond acceptors (Lipinski definition) is 5. The first-order valence-electron chi connectivity index (χ1n) is 4.78. The van der Waals surface area contributed by atoms with Crippen molar-refractivity contribution in [2.75, 3.05) is 18.9 Å². The lowest BCUT2D eigenvalue weighted by Crippen LogP contribution is -2.17. The smallest absolute Gasteiger partial charge is 0.241 e. The van der Waals surface area contributed by atoms with Gasteiger partial charge in [-0.3, -0.25) is 0 Å². The summed E-state index contributed by atoms with van der Waals surface area (Å²) in [5.74, 6) is 0.325. The summed E-state index contributed by atoms with van der Waals surface area (Å²) in [5, 5.41) is 0.131. The van der Waals surface area contributed by atoms with Crippen LogP contribution in [-0.4, -0.2) is 29.3 Å². The second-order valence-electron chi connectivity index (χ2n) is 3.35. The van der Waals surface area contributed by atoms with Gasteiger partial charge in [0.25, 0.3) is 0 Å². The summed E-state index contributed by atoms with van der Waals surface area (Å²) in [7, 11) is 0. The molecule has 2 heterocycles. The average Bonchev–Trinajstić information content (AvgIpc) is 2.72. The van der Waals surface area contributed by atoms with Crippen LogP contribution in [0.5, 0.6) is 5.88 Å². The van der Waals surface area contributed by atoms with Crippen molar-refractivity contribution in [3.63, 3.8) is 0 Å². The molecule has 1 unspecified atom stereocenters. The highest BCUT2D eigenvalue weighted by atomic mass is 35.5. The van der Waals surface area contributed by atoms with E-state index in [1.165, 1.54) is 6.20 Å². The van der Waals surface area contributed by atoms with E-state index in [2.05, 4.69) is 9.97 Å². The van der Waals surface area contributed by atoms with Crippen molar-refractivity contribution in [1.82, 2.24) is 9.97 Å². The zero-order valence-corrected chi connectivity index (χ0v) is 8.91. The molecule has 1 atom stereocenters. The summed E-state index contributed by atoms with van der Waals surface area (Å²) in [6.45, 7) is 1.26. The summed E-state index contributed by atoms with van der Waals surface area (Å²) in [6, 6.07) is 0. The van der Waals surface area contributed by atoms with E-state index in [0.29, 0.717) is 18.2 Å². The summed E-state index contributed by atoms with van der Waals surface area (Å²) >= 11 is 5.62. The van der Waals surface area contributed by atoms with Crippen molar-refractivity contribution >= 4 is 17.3 Å². The van der Waals surface area contributed by atoms with Gasteiger partial charge in [-0.25, -0.2) is 4.98 Å². The van der Waals surface area contributed by atoms with Gasteiger partial charge in [0, 0.05) is 6.61 Å². The fraction of sp³-hybridized carbons (Fsp3) is 0.556. The second kappa shape index (κ2) is 4.63. The van der Waals surface area contributed by atoms with Crippen LogP contribution in [-0.2, 0) is 4.74 Å². The molecule has 0 aromatic carbocycles. The Kier molecular flexibility index (Phi) is 3.23. The van der Waals surface area contributed by atoms with Crippen LogP contribution in [0.4, 0.5) is 5.69 Å². The van der Waals surface area contributed by atoms with Gasteiger partial charge in [0.2, 0.25) is 11.2 Å². The normalized spacial score (nSPS) is 20.5. The van der Waals surface area contributed by atoms with Crippen molar-refractivity contribution in [1.29, 1.82) is 0 Å². The third kappa shape index (κ3) is 2.70. The number of nitrogens with zero attached hydrogens (tertiary/aromatic N) is 2. The van der Waals surface area contributed by atoms with Crippen LogP contribution >= 0.6 is 11.6 Å². The number of halogens is 1. The lowest BCUT2D eigenvalue weighted by atomic mass is 10.2. The monoisotopic (exact) mass is 229 g/mol. The van der Waals surface area contributed by atoms with Gasteiger partial charge < -0.3 is 15.2 Å². The average molecular weight is 230 g/mol. The van der Waals surface area contributed by atoms with Crippen LogP contribution in [0.25, 0.3) is 0 Å². The molecule has 6 heteroatoms. The number of aromatic nitrogens is 2. The van der Waals surface area contributed by atoms with E-state index in [9.17, 15) is 0 Å². The van der Waals surface area contributed by atoms with Crippen LogP contribution in [0.2, 0.25) is 5.28 Å². The first kappa shape index (κ1) is 10.4. The molecule has 2 N–H and O–H groups in total. The Morgan fingerprint density at radius 2 is 2.53 bits per heavy atom. The van der Waals surface area contributed by atoms with E-state index in [0.717, 1.165) is 19.4 Å². The van der Waals surface area contributed by atoms with E-state index in [-0.39, 0.29) is 11.4 Å². The highest BCUT2D eigenvalue weighted by molar-refractivity contribution is 6.28. The Labute approximate surface area is 92.6 Å². The van der Waals surface area contributed by atoms with E-state index >= 15 is 0 Å². The Balaban J connectivity index is 1.94. The highest BCUT2D eigenvalue weighted by Crippen LogP contribution is 2.20. The zero-order chi connectivity index (χ0) is 10.7. The molecule has 0 amide bonds. The van der Waals surface area contributed by atoms with Crippen molar-refractivity contribution in [2.45, 2.75) is 18.9 Å². The van der Waals surface area contributed by atoms with Gasteiger partial charge in [0.1, 0.15) is 12.3 Å². The van der Waals surface area contributed by atoms with Crippen molar-refractivity contribution in [3.8, 4) is 5.88 Å². The molecule has 1 aliphatic rings. The van der Waals surface area contributed by atoms with Gasteiger partial charge in [-0.15, -0.1) is 0 Å². The largest absolute Gasteiger partial charge is 0.473 e. The minimum atomic E-state index is 0.131. The molecule has 0 saturated carbocycles. The predicted molar refractivity (Wildman–Crippen MR) is 55.9 cm³/mol. The number of hydrogen-bond donors (Lipinski definition) is 1. The van der Waals surface area contributed by atoms with Gasteiger partial charge >= 0.3 is 0 Å². The molecule has 1 aromatic heterocycles. The number of ether oxygens (including phenoxy) is 2. The van der Waals surface area contributed by atoms with E-state index in [1.807, 2.05) is 0 Å². The molecule has 1 saturated heterocycles. The van der Waals surface area contributed by atoms with E-state index in [1.54, 1.807) is 0 Å². The van der Waals surface area contributed by atoms with Gasteiger partial charge in [-0.2, -0.15) is 4.98 Å². The van der Waals surface area contributed by atoms with E-state index < -0.39 is 0 Å². The van der Waals surface area contributed by atoms with Crippen LogP contribution in [0.3, 0.4) is 0 Å². The fourth-order valence-electron chi connectivity index (χ4n) is 1.42. The molecule has 0 aliphatic carbocycles. The molecule has 2 rings (SSSR count). The Morgan fingerprint density at radius 3 is 3.27 bits per heavy atom. The van der Waals surface area contributed by atoms with Gasteiger partial charge in [0.05, 0.1) is 12.3 Å². The lowest BCUT2D eigenvalue weighted by molar-refractivity contribution is 0.0666. The summed E-state index contributed by atoms with van der Waals surface area (Å²) in [6.07, 6.45) is 3.66. The third-order valence-corrected chi connectivity index (χ3v) is 2.36. The first-order chi connectivity index (χ1) is 7.25. The quantitative estimate of drug-likeness (QED) is 0.791. The number of anilines is 1. The molecule has 1 aliphatic heterocycles. The van der Waals surface area contributed by atoms with Crippen molar-refractivity contribution < 1.29 is 9.47 Å². The number of nitrogens with two attached hydrogens (primary N) is 1. The van der Waals surface area contributed by atoms with Crippen LogP contribution in [0.1, 0.15) is 12.8 Å². The maximum absolute atomic E-state index is 5.62. The number of nitrogen functional groups attached to an aromatic ring is 1. The second-order valence-corrected chi connectivity index (χ2v) is 3.68. The van der Waals surface area contributed by atoms with Crippen LogP contribution in [0, 0.1) is 0 Å². The molecular formula is C9H12ClN3O2. The zero-order valence-electron chi connectivity index (χ0n) is 8.15. The predicted octanol–water partition coefficient (Wildman–Crippen LogP) is 1.27. The fourth-order valence-corrected chi connectivity index (χ4v) is 1.54. The summed E-state index contributed by atoms with van der Waals surface area (Å²) in [4.78, 5) is 7.62. The van der Waals surface area contributed by atoms with Gasteiger partial charge in [-0.05, 0) is 24.4 Å². The van der Waals surface area contributed by atoms with Crippen LogP contribution in [0.15, 0.2) is 6.20 Å². The highest BCUT2D eigenvalue weighted by Gasteiger charge is 2.17. The van der Waals surface area contributed by atoms with Crippen molar-refractivity contribution in [2.24, 2.45) is 0 Å². The molecule has 82 valence electrons. The molecule has 0 radical (unpaired) electrons. The molecule has 5 nitrogen and oxygen atoms in total. The standard InChI is InChI=1S/C9H12ClN3O2/c10-9-12-4-7(11)8(13-9)15-5-6-2-1-3-14-6/h4,6H,1-3,5,11H2. The minimum absolute atomic E-state index is 0.131. The maximum Gasteiger partial charge on any atom is 0.241 e. The molecular weight excluding hydrogens is 218 g/mol. The maximum atomic E-state index is 5.62. The van der Waals surface area contributed by atoms with Gasteiger partial charge in [0.15, 0.2) is 0 Å². The summed E-state index contributed by atoms with van der Waals surface area (Å²) < 4.78 is 10.8. The van der Waals surface area contributed by atoms with Gasteiger partial charge in [-0.1, -0.05) is 0 Å². The molecule has 1 fully saturated rings. The molecule has 15 heavy (non-hydrogen) atoms. The molecule has 1 aromatic rings.